The first-order valence-electron chi connectivity index (χ1n) is 6.44. The second-order valence-electron chi connectivity index (χ2n) is 4.65. The van der Waals surface area contributed by atoms with Gasteiger partial charge in [-0.25, -0.2) is 9.78 Å². The molecule has 0 aliphatic carbocycles. The Hall–Kier alpha value is -1.99. The van der Waals surface area contributed by atoms with Crippen molar-refractivity contribution in [1.29, 1.82) is 0 Å². The summed E-state index contributed by atoms with van der Waals surface area (Å²) in [5.74, 6) is -0.407. The van der Waals surface area contributed by atoms with Crippen molar-refractivity contribution >= 4 is 38.9 Å². The molecule has 3 rings (SSSR count). The van der Waals surface area contributed by atoms with Crippen LogP contribution in [0.5, 0.6) is 0 Å². The Morgan fingerprint density at radius 2 is 2.18 bits per heavy atom. The number of carbonyl (C=O) groups excluding carboxylic acids is 1. The van der Waals surface area contributed by atoms with Gasteiger partial charge in [0.05, 0.1) is 5.69 Å². The molecule has 3 aromatic rings. The van der Waals surface area contributed by atoms with Crippen LogP contribution in [0.2, 0.25) is 0 Å². The molecule has 22 heavy (non-hydrogen) atoms. The summed E-state index contributed by atoms with van der Waals surface area (Å²) in [6.07, 6.45) is 1.65. The molecule has 0 saturated carbocycles. The summed E-state index contributed by atoms with van der Waals surface area (Å²) in [5.41, 5.74) is 0.715. The molecule has 0 aliphatic rings. The average molecular weight is 379 g/mol. The number of carbonyl (C=O) groups is 1. The van der Waals surface area contributed by atoms with Gasteiger partial charge in [-0.1, -0.05) is 0 Å². The summed E-state index contributed by atoms with van der Waals surface area (Å²) in [6.45, 7) is 1.89. The molecular formula is C15H11BrN2O3S. The van der Waals surface area contributed by atoms with Crippen molar-refractivity contribution in [3.63, 3.8) is 0 Å². The minimum atomic E-state index is -0.407. The molecule has 0 aliphatic heterocycles. The predicted molar refractivity (Wildman–Crippen MR) is 87.3 cm³/mol. The molecule has 0 unspecified atom stereocenters. The van der Waals surface area contributed by atoms with E-state index in [-0.39, 0.29) is 12.2 Å². The Morgan fingerprint density at radius 3 is 2.91 bits per heavy atom. The lowest BCUT2D eigenvalue weighted by Gasteiger charge is -2.05. The first-order valence-corrected chi connectivity index (χ1v) is 8.05. The van der Waals surface area contributed by atoms with Crippen molar-refractivity contribution in [2.24, 2.45) is 0 Å². The zero-order valence-corrected chi connectivity index (χ0v) is 14.0. The third-order valence-corrected chi connectivity index (χ3v) is 4.42. The van der Waals surface area contributed by atoms with Gasteiger partial charge in [-0.2, -0.15) is 0 Å². The largest absolute Gasteiger partial charge is 0.455 e. The van der Waals surface area contributed by atoms with E-state index in [2.05, 4.69) is 20.9 Å². The van der Waals surface area contributed by atoms with Gasteiger partial charge >= 0.3 is 5.97 Å². The molecule has 7 heteroatoms. The number of hydrogen-bond donors (Lipinski definition) is 0. The molecule has 0 saturated heterocycles. The van der Waals surface area contributed by atoms with Gasteiger partial charge in [0.1, 0.15) is 17.1 Å². The van der Waals surface area contributed by atoms with Crippen molar-refractivity contribution in [1.82, 2.24) is 9.38 Å². The van der Waals surface area contributed by atoms with Crippen LogP contribution in [0, 0.1) is 6.92 Å². The molecule has 5 nitrogen and oxygen atoms in total. The summed E-state index contributed by atoms with van der Waals surface area (Å²) >= 11 is 4.68. The average Bonchev–Trinajstić information content (AvgIpc) is 2.92. The highest BCUT2D eigenvalue weighted by molar-refractivity contribution is 9.10. The molecule has 0 atom stereocenters. The Labute approximate surface area is 138 Å². The number of hydrogen-bond acceptors (Lipinski definition) is 5. The van der Waals surface area contributed by atoms with Gasteiger partial charge in [0.15, 0.2) is 0 Å². The van der Waals surface area contributed by atoms with Crippen molar-refractivity contribution in [2.75, 3.05) is 0 Å². The van der Waals surface area contributed by atoms with Crippen LogP contribution >= 0.6 is 27.3 Å². The highest BCUT2D eigenvalue weighted by Gasteiger charge is 2.11. The van der Waals surface area contributed by atoms with Crippen LogP contribution in [0.4, 0.5) is 0 Å². The van der Waals surface area contributed by atoms with Crippen LogP contribution in [0.25, 0.3) is 5.65 Å². The molecule has 3 heterocycles. The maximum absolute atomic E-state index is 12.0. The van der Waals surface area contributed by atoms with Gasteiger partial charge in [0, 0.05) is 21.6 Å². The highest BCUT2D eigenvalue weighted by atomic mass is 79.9. The van der Waals surface area contributed by atoms with Crippen LogP contribution < -0.4 is 5.56 Å². The number of aromatic nitrogens is 2. The Morgan fingerprint density at radius 1 is 1.36 bits per heavy atom. The number of rotatable bonds is 3. The Bertz CT molecular complexity index is 917. The van der Waals surface area contributed by atoms with Gasteiger partial charge in [-0.15, -0.1) is 11.3 Å². The zero-order valence-electron chi connectivity index (χ0n) is 11.6. The summed E-state index contributed by atoms with van der Waals surface area (Å²) in [6, 6.07) is 8.47. The lowest BCUT2D eigenvalue weighted by atomic mass is 10.4. The maximum Gasteiger partial charge on any atom is 0.348 e. The van der Waals surface area contributed by atoms with Crippen molar-refractivity contribution in [3.05, 3.63) is 66.8 Å². The quantitative estimate of drug-likeness (QED) is 0.656. The molecule has 0 aromatic carbocycles. The highest BCUT2D eigenvalue weighted by Crippen LogP contribution is 2.16. The normalized spacial score (nSPS) is 10.8. The maximum atomic E-state index is 12.0. The van der Waals surface area contributed by atoms with Crippen LogP contribution in [-0.4, -0.2) is 15.4 Å². The van der Waals surface area contributed by atoms with E-state index in [9.17, 15) is 9.59 Å². The second kappa shape index (κ2) is 6.02. The topological polar surface area (TPSA) is 60.7 Å². The van der Waals surface area contributed by atoms with Gasteiger partial charge in [-0.3, -0.25) is 9.20 Å². The van der Waals surface area contributed by atoms with E-state index in [1.165, 1.54) is 21.8 Å². The third-order valence-electron chi connectivity index (χ3n) is 2.97. The lowest BCUT2D eigenvalue weighted by molar-refractivity contribution is 0.0473. The minimum absolute atomic E-state index is 0.0302. The van der Waals surface area contributed by atoms with Crippen LogP contribution in [0.15, 0.2) is 45.8 Å². The number of nitrogens with zero attached hydrogens (tertiary/aromatic N) is 2. The van der Waals surface area contributed by atoms with Crippen molar-refractivity contribution in [2.45, 2.75) is 13.5 Å². The predicted octanol–water partition coefficient (Wildman–Crippen LogP) is 3.18. The van der Waals surface area contributed by atoms with Gasteiger partial charge in [0.2, 0.25) is 0 Å². The van der Waals surface area contributed by atoms with E-state index in [0.717, 1.165) is 9.35 Å². The summed E-state index contributed by atoms with van der Waals surface area (Å²) < 4.78 is 7.42. The Balaban J connectivity index is 1.81. The number of ether oxygens (including phenoxy) is 1. The van der Waals surface area contributed by atoms with E-state index in [4.69, 9.17) is 4.74 Å². The smallest absolute Gasteiger partial charge is 0.348 e. The van der Waals surface area contributed by atoms with Gasteiger partial charge in [-0.05, 0) is 47.1 Å². The number of thiophene rings is 1. The molecule has 0 amide bonds. The Kier molecular flexibility index (Phi) is 4.08. The fourth-order valence-electron chi connectivity index (χ4n) is 1.95. The van der Waals surface area contributed by atoms with Crippen LogP contribution in [0.1, 0.15) is 20.2 Å². The molecule has 0 radical (unpaired) electrons. The van der Waals surface area contributed by atoms with Gasteiger partial charge < -0.3 is 4.74 Å². The molecule has 0 fully saturated rings. The van der Waals surface area contributed by atoms with E-state index in [0.29, 0.717) is 16.2 Å². The standard InChI is InChI=1S/C15H11BrN2O3S/c1-9-2-4-12(22-9)15(20)21-8-11-6-14(19)18-7-10(16)3-5-13(18)17-11/h2-7H,8H2,1H3. The minimum Gasteiger partial charge on any atom is -0.455 e. The molecule has 0 bridgehead atoms. The van der Waals surface area contributed by atoms with Crippen LogP contribution in [-0.2, 0) is 11.3 Å². The van der Waals surface area contributed by atoms with Gasteiger partial charge in [0.25, 0.3) is 5.56 Å². The fraction of sp³-hybridized carbons (Fsp3) is 0.133. The SMILES string of the molecule is Cc1ccc(C(=O)OCc2cc(=O)n3cc(Br)ccc3n2)s1. The number of fused-ring (bicyclic) bond motifs is 1. The lowest BCUT2D eigenvalue weighted by Crippen LogP contribution is -2.16. The first-order chi connectivity index (χ1) is 10.5. The number of esters is 1. The molecule has 0 spiro atoms. The summed E-state index contributed by atoms with van der Waals surface area (Å²) in [5, 5.41) is 0. The monoisotopic (exact) mass is 378 g/mol. The molecular weight excluding hydrogens is 368 g/mol. The van der Waals surface area contributed by atoms with Crippen molar-refractivity contribution < 1.29 is 9.53 Å². The number of pyridine rings is 1. The van der Waals surface area contributed by atoms with E-state index in [1.54, 1.807) is 24.4 Å². The summed E-state index contributed by atoms with van der Waals surface area (Å²) in [4.78, 5) is 29.8. The molecule has 0 N–H and O–H groups in total. The third kappa shape index (κ3) is 3.10. The number of aryl methyl sites for hydroxylation is 1. The molecule has 3 aromatic heterocycles. The van der Waals surface area contributed by atoms with E-state index in [1.807, 2.05) is 13.0 Å². The first kappa shape index (κ1) is 14.9. The van der Waals surface area contributed by atoms with Crippen molar-refractivity contribution in [3.8, 4) is 0 Å². The van der Waals surface area contributed by atoms with Crippen LogP contribution in [0.3, 0.4) is 0 Å². The van der Waals surface area contributed by atoms with E-state index < -0.39 is 5.97 Å². The molecule has 112 valence electrons. The second-order valence-corrected chi connectivity index (χ2v) is 6.85. The zero-order chi connectivity index (χ0) is 15.7. The number of halogens is 1. The fourth-order valence-corrected chi connectivity index (χ4v) is 3.05. The van der Waals surface area contributed by atoms with E-state index >= 15 is 0 Å². The summed E-state index contributed by atoms with van der Waals surface area (Å²) in [7, 11) is 0.